The van der Waals surface area contributed by atoms with Crippen LogP contribution in [0.2, 0.25) is 0 Å². The number of fused-ring (bicyclic) bond motifs is 1. The molecule has 2 heterocycles. The van der Waals surface area contributed by atoms with Gasteiger partial charge in [0.25, 0.3) is 10.0 Å². The summed E-state index contributed by atoms with van der Waals surface area (Å²) in [4.78, 5) is 16.2. The molecular weight excluding hydrogens is 433 g/mol. The minimum atomic E-state index is -4.09. The molecule has 0 bridgehead atoms. The van der Waals surface area contributed by atoms with E-state index in [0.717, 1.165) is 22.8 Å². The van der Waals surface area contributed by atoms with E-state index in [1.165, 1.54) is 22.8 Å². The van der Waals surface area contributed by atoms with Gasteiger partial charge in [-0.1, -0.05) is 24.3 Å². The number of sulfonamides is 1. The monoisotopic (exact) mass is 455 g/mol. The molecule has 0 aliphatic rings. The molecule has 4 rings (SSSR count). The first-order chi connectivity index (χ1) is 15.1. The molecule has 7 nitrogen and oxygen atoms in total. The highest BCUT2D eigenvalue weighted by atomic mass is 32.2. The largest absolute Gasteiger partial charge is 0.420 e. The van der Waals surface area contributed by atoms with Crippen LogP contribution >= 0.6 is 0 Å². The second-order valence-electron chi connectivity index (χ2n) is 7.74. The Bertz CT molecular complexity index is 1510. The van der Waals surface area contributed by atoms with Gasteiger partial charge in [0.1, 0.15) is 5.82 Å². The van der Waals surface area contributed by atoms with Crippen molar-refractivity contribution in [2.45, 2.75) is 38.6 Å². The zero-order valence-corrected chi connectivity index (χ0v) is 18.8. The molecule has 0 saturated heterocycles. The number of hydrogen-bond acceptors (Lipinski definition) is 5. The molecule has 1 atom stereocenters. The van der Waals surface area contributed by atoms with Gasteiger partial charge in [-0.3, -0.25) is 9.29 Å². The van der Waals surface area contributed by atoms with Gasteiger partial charge in [0.2, 0.25) is 5.95 Å². The lowest BCUT2D eigenvalue weighted by molar-refractivity contribution is 0.488. The summed E-state index contributed by atoms with van der Waals surface area (Å²) in [5.74, 6) is -1.53. The Morgan fingerprint density at radius 1 is 1.06 bits per heavy atom. The van der Waals surface area contributed by atoms with Gasteiger partial charge in [0.15, 0.2) is 5.58 Å². The minimum absolute atomic E-state index is 0.0867. The Kier molecular flexibility index (Phi) is 5.37. The van der Waals surface area contributed by atoms with E-state index < -0.39 is 21.7 Å². The average Bonchev–Trinajstić information content (AvgIpc) is 3.03. The Morgan fingerprint density at radius 2 is 1.78 bits per heavy atom. The van der Waals surface area contributed by atoms with Gasteiger partial charge >= 0.3 is 5.76 Å². The maximum absolute atomic E-state index is 13.4. The lowest BCUT2D eigenvalue weighted by Gasteiger charge is -2.17. The van der Waals surface area contributed by atoms with Gasteiger partial charge < -0.3 is 4.42 Å². The van der Waals surface area contributed by atoms with Crippen LogP contribution in [0.15, 0.2) is 62.6 Å². The highest BCUT2D eigenvalue weighted by Gasteiger charge is 2.24. The first-order valence-electron chi connectivity index (χ1n) is 9.95. The van der Waals surface area contributed by atoms with Crippen LogP contribution in [-0.2, 0) is 10.0 Å². The predicted octanol–water partition coefficient (Wildman–Crippen LogP) is 4.46. The summed E-state index contributed by atoms with van der Waals surface area (Å²) in [5.41, 5.74) is 4.20. The lowest BCUT2D eigenvalue weighted by Crippen LogP contribution is -2.20. The Labute approximate surface area is 184 Å². The fourth-order valence-corrected chi connectivity index (χ4v) is 5.09. The molecule has 0 fully saturated rings. The van der Waals surface area contributed by atoms with E-state index in [1.54, 1.807) is 13.0 Å². The van der Waals surface area contributed by atoms with Crippen molar-refractivity contribution in [1.29, 1.82) is 0 Å². The second-order valence-corrected chi connectivity index (χ2v) is 9.39. The van der Waals surface area contributed by atoms with Gasteiger partial charge in [-0.05, 0) is 68.1 Å². The molecule has 1 unspecified atom stereocenters. The number of pyridine rings is 1. The molecule has 0 aliphatic heterocycles. The number of aryl methyl sites for hydroxylation is 2. The van der Waals surface area contributed by atoms with E-state index in [9.17, 15) is 17.6 Å². The number of nitrogens with one attached hydrogen (secondary N) is 1. The highest BCUT2D eigenvalue weighted by molar-refractivity contribution is 7.92. The van der Waals surface area contributed by atoms with Gasteiger partial charge in [0, 0.05) is 6.07 Å². The molecule has 2 aromatic carbocycles. The van der Waals surface area contributed by atoms with Crippen LogP contribution < -0.4 is 10.5 Å². The van der Waals surface area contributed by atoms with Crippen LogP contribution in [0.4, 0.5) is 10.2 Å². The normalized spacial score (nSPS) is 12.8. The molecule has 0 spiro atoms. The van der Waals surface area contributed by atoms with Crippen molar-refractivity contribution in [3.63, 3.8) is 0 Å². The minimum Gasteiger partial charge on any atom is -0.408 e. The number of aromatic nitrogens is 2. The molecule has 4 aromatic rings. The van der Waals surface area contributed by atoms with Crippen molar-refractivity contribution in [3.05, 3.63) is 87.3 Å². The molecule has 2 aromatic heterocycles. The summed E-state index contributed by atoms with van der Waals surface area (Å²) >= 11 is 0. The third-order valence-electron chi connectivity index (χ3n) is 5.64. The fourth-order valence-electron chi connectivity index (χ4n) is 3.85. The van der Waals surface area contributed by atoms with E-state index in [1.807, 2.05) is 39.0 Å². The van der Waals surface area contributed by atoms with Crippen LogP contribution in [0.3, 0.4) is 0 Å². The second kappa shape index (κ2) is 7.90. The Hall–Kier alpha value is -3.46. The fraction of sp³-hybridized carbons (Fsp3) is 0.217. The van der Waals surface area contributed by atoms with Crippen LogP contribution in [0.25, 0.3) is 11.1 Å². The number of anilines is 1. The van der Waals surface area contributed by atoms with Crippen LogP contribution in [0.5, 0.6) is 0 Å². The molecule has 0 radical (unpaired) electrons. The van der Waals surface area contributed by atoms with Crippen molar-refractivity contribution < 1.29 is 17.2 Å². The summed E-state index contributed by atoms with van der Waals surface area (Å²) in [7, 11) is -4.09. The average molecular weight is 456 g/mol. The number of rotatable bonds is 5. The number of halogens is 1. The SMILES string of the molecule is Cc1cc2c(cc1S(=O)(=O)Nc1cccc(F)n1)oc(=O)n2C(C)c1cccc(C)c1C. The smallest absolute Gasteiger partial charge is 0.408 e. The molecular formula is C23H22FN3O4S. The van der Waals surface area contributed by atoms with Crippen molar-refractivity contribution in [3.8, 4) is 0 Å². The van der Waals surface area contributed by atoms with Crippen LogP contribution in [0, 0.1) is 26.7 Å². The van der Waals surface area contributed by atoms with Gasteiger partial charge in [-0.2, -0.15) is 4.39 Å². The maximum Gasteiger partial charge on any atom is 0.420 e. The molecule has 166 valence electrons. The third-order valence-corrected chi connectivity index (χ3v) is 7.13. The van der Waals surface area contributed by atoms with E-state index in [2.05, 4.69) is 9.71 Å². The van der Waals surface area contributed by atoms with E-state index in [0.29, 0.717) is 11.1 Å². The summed E-state index contributed by atoms with van der Waals surface area (Å²) in [6, 6.07) is 12.3. The van der Waals surface area contributed by atoms with E-state index in [-0.39, 0.29) is 22.3 Å². The predicted molar refractivity (Wildman–Crippen MR) is 120 cm³/mol. The molecule has 0 aliphatic carbocycles. The first-order valence-corrected chi connectivity index (χ1v) is 11.4. The number of hydrogen-bond donors (Lipinski definition) is 1. The topological polar surface area (TPSA) is 94.2 Å². The van der Waals surface area contributed by atoms with Gasteiger partial charge in [0.05, 0.1) is 16.5 Å². The Balaban J connectivity index is 1.81. The van der Waals surface area contributed by atoms with Crippen LogP contribution in [0.1, 0.15) is 35.2 Å². The van der Waals surface area contributed by atoms with Crippen molar-refractivity contribution in [2.24, 2.45) is 0 Å². The van der Waals surface area contributed by atoms with Gasteiger partial charge in [-0.15, -0.1) is 0 Å². The van der Waals surface area contributed by atoms with Crippen molar-refractivity contribution >= 4 is 26.9 Å². The van der Waals surface area contributed by atoms with Crippen LogP contribution in [-0.4, -0.2) is 18.0 Å². The van der Waals surface area contributed by atoms with Crippen molar-refractivity contribution in [1.82, 2.24) is 9.55 Å². The standard InChI is InChI=1S/C23H22FN3O4S/c1-13-7-5-8-17(15(13)3)16(4)27-18-11-14(2)20(12-19(18)31-23(27)28)32(29,30)26-22-10-6-9-21(24)25-22/h5-12,16H,1-4H3,(H,25,26). The lowest BCUT2D eigenvalue weighted by atomic mass is 9.98. The highest BCUT2D eigenvalue weighted by Crippen LogP contribution is 2.29. The quantitative estimate of drug-likeness (QED) is 0.448. The van der Waals surface area contributed by atoms with Gasteiger partial charge in [-0.25, -0.2) is 18.2 Å². The number of oxazole rings is 1. The summed E-state index contributed by atoms with van der Waals surface area (Å²) < 4.78 is 48.3. The molecule has 32 heavy (non-hydrogen) atoms. The maximum atomic E-state index is 13.4. The molecule has 1 N–H and O–H groups in total. The molecule has 9 heteroatoms. The number of nitrogens with zero attached hydrogens (tertiary/aromatic N) is 2. The first kappa shape index (κ1) is 21.8. The zero-order valence-electron chi connectivity index (χ0n) is 18.0. The summed E-state index contributed by atoms with van der Waals surface area (Å²) in [5, 5.41) is 0. The summed E-state index contributed by atoms with van der Waals surface area (Å²) in [6.07, 6.45) is 0. The molecule has 0 saturated carbocycles. The molecule has 0 amide bonds. The van der Waals surface area contributed by atoms with E-state index in [4.69, 9.17) is 4.42 Å². The number of benzene rings is 2. The van der Waals surface area contributed by atoms with Crippen molar-refractivity contribution in [2.75, 3.05) is 4.72 Å². The third kappa shape index (κ3) is 3.80. The summed E-state index contributed by atoms with van der Waals surface area (Å²) in [6.45, 7) is 7.52. The zero-order chi connectivity index (χ0) is 23.2. The van der Waals surface area contributed by atoms with E-state index >= 15 is 0 Å². The Morgan fingerprint density at radius 3 is 2.50 bits per heavy atom.